The number of ether oxygens (including phenoxy) is 2. The predicted molar refractivity (Wildman–Crippen MR) is 69.6 cm³/mol. The fraction of sp³-hybridized carbons (Fsp3) is 0.733. The monoisotopic (exact) mass is 280 g/mol. The van der Waals surface area contributed by atoms with Gasteiger partial charge in [0.2, 0.25) is 0 Å². The molecule has 3 aliphatic rings. The number of hydrogen-bond acceptors (Lipinski definition) is 5. The Bertz CT molecular complexity index is 471. The SMILES string of the molecule is C=C1C(=O)O[C@@H]2[C@H]3O[C@@H](O)CC[C@]3(C)CC(=O)CC[C@@H]12. The van der Waals surface area contributed by atoms with Crippen molar-refractivity contribution in [2.75, 3.05) is 0 Å². The molecule has 0 bridgehead atoms. The molecule has 3 fully saturated rings. The van der Waals surface area contributed by atoms with Crippen molar-refractivity contribution in [2.45, 2.75) is 57.5 Å². The molecule has 0 radical (unpaired) electrons. The second-order valence-corrected chi connectivity index (χ2v) is 6.46. The van der Waals surface area contributed by atoms with Gasteiger partial charge in [0.05, 0.1) is 0 Å². The Balaban J connectivity index is 1.97. The summed E-state index contributed by atoms with van der Waals surface area (Å²) in [6.45, 7) is 5.78. The Morgan fingerprint density at radius 1 is 1.35 bits per heavy atom. The molecular weight excluding hydrogens is 260 g/mol. The summed E-state index contributed by atoms with van der Waals surface area (Å²) in [5.41, 5.74) is 0.0422. The number of ketones is 1. The van der Waals surface area contributed by atoms with E-state index in [-0.39, 0.29) is 17.1 Å². The van der Waals surface area contributed by atoms with E-state index >= 15 is 0 Å². The van der Waals surface area contributed by atoms with Crippen molar-refractivity contribution in [2.24, 2.45) is 11.3 Å². The maximum atomic E-state index is 12.1. The molecule has 1 saturated carbocycles. The second kappa shape index (κ2) is 4.67. The number of esters is 1. The third-order valence-corrected chi connectivity index (χ3v) is 4.94. The van der Waals surface area contributed by atoms with Crippen LogP contribution in [0.3, 0.4) is 0 Å². The molecule has 5 nitrogen and oxygen atoms in total. The number of carbonyl (C=O) groups excluding carboxylic acids is 2. The number of fused-ring (bicyclic) bond motifs is 3. The zero-order chi connectivity index (χ0) is 14.5. The van der Waals surface area contributed by atoms with E-state index < -0.39 is 24.5 Å². The third-order valence-electron chi connectivity index (χ3n) is 4.94. The number of hydrogen-bond donors (Lipinski definition) is 1. The smallest absolute Gasteiger partial charge is 0.334 e. The van der Waals surface area contributed by atoms with Gasteiger partial charge < -0.3 is 14.6 Å². The molecule has 5 atom stereocenters. The van der Waals surface area contributed by atoms with Gasteiger partial charge >= 0.3 is 5.97 Å². The van der Waals surface area contributed by atoms with E-state index in [1.807, 2.05) is 6.92 Å². The second-order valence-electron chi connectivity index (χ2n) is 6.46. The molecule has 2 heterocycles. The Morgan fingerprint density at radius 2 is 2.10 bits per heavy atom. The van der Waals surface area contributed by atoms with Crippen molar-refractivity contribution < 1.29 is 24.2 Å². The van der Waals surface area contributed by atoms with E-state index in [2.05, 4.69) is 6.58 Å². The Kier molecular flexibility index (Phi) is 3.21. The van der Waals surface area contributed by atoms with E-state index in [1.54, 1.807) is 0 Å². The summed E-state index contributed by atoms with van der Waals surface area (Å²) >= 11 is 0. The van der Waals surface area contributed by atoms with E-state index in [0.717, 1.165) is 0 Å². The minimum absolute atomic E-state index is 0.179. The van der Waals surface area contributed by atoms with Gasteiger partial charge in [-0.1, -0.05) is 13.5 Å². The maximum Gasteiger partial charge on any atom is 0.334 e. The molecule has 110 valence electrons. The summed E-state index contributed by atoms with van der Waals surface area (Å²) in [5.74, 6) is -0.398. The van der Waals surface area contributed by atoms with Crippen molar-refractivity contribution in [1.29, 1.82) is 0 Å². The summed E-state index contributed by atoms with van der Waals surface area (Å²) in [6, 6.07) is 0. The molecule has 5 heteroatoms. The van der Waals surface area contributed by atoms with E-state index in [1.165, 1.54) is 0 Å². The van der Waals surface area contributed by atoms with Crippen LogP contribution < -0.4 is 0 Å². The van der Waals surface area contributed by atoms with Crippen LogP contribution in [0, 0.1) is 11.3 Å². The largest absolute Gasteiger partial charge is 0.456 e. The fourth-order valence-corrected chi connectivity index (χ4v) is 3.76. The number of aliphatic hydroxyl groups is 1. The zero-order valence-corrected chi connectivity index (χ0v) is 11.6. The highest BCUT2D eigenvalue weighted by Gasteiger charge is 2.54. The van der Waals surface area contributed by atoms with Crippen molar-refractivity contribution in [1.82, 2.24) is 0 Å². The molecule has 2 aliphatic heterocycles. The number of aliphatic hydroxyl groups excluding tert-OH is 1. The predicted octanol–water partition coefficient (Wildman–Crippen LogP) is 1.34. The molecule has 0 unspecified atom stereocenters. The minimum atomic E-state index is -0.851. The minimum Gasteiger partial charge on any atom is -0.456 e. The van der Waals surface area contributed by atoms with Crippen LogP contribution in [0.5, 0.6) is 0 Å². The van der Waals surface area contributed by atoms with Gasteiger partial charge in [-0.2, -0.15) is 0 Å². The standard InChI is InChI=1S/C15H20O5/c1-8-10-4-3-9(16)7-15(2)6-5-11(17)19-13(15)12(10)20-14(8)18/h10-13,17H,1,3-7H2,2H3/t10-,11+,12-,13+,15+/m0/s1. The first-order chi connectivity index (χ1) is 9.40. The van der Waals surface area contributed by atoms with Crippen molar-refractivity contribution in [3.05, 3.63) is 12.2 Å². The van der Waals surface area contributed by atoms with Crippen molar-refractivity contribution in [3.8, 4) is 0 Å². The Morgan fingerprint density at radius 3 is 2.85 bits per heavy atom. The average molecular weight is 280 g/mol. The maximum absolute atomic E-state index is 12.1. The first-order valence-corrected chi connectivity index (χ1v) is 7.16. The molecule has 20 heavy (non-hydrogen) atoms. The van der Waals surface area contributed by atoms with Gasteiger partial charge in [-0.15, -0.1) is 0 Å². The van der Waals surface area contributed by atoms with Gasteiger partial charge in [-0.25, -0.2) is 4.79 Å². The van der Waals surface area contributed by atoms with Crippen LogP contribution in [0.4, 0.5) is 0 Å². The normalized spacial score (nSPS) is 45.2. The molecule has 3 rings (SSSR count). The number of carbonyl (C=O) groups is 2. The topological polar surface area (TPSA) is 72.8 Å². The third kappa shape index (κ3) is 2.09. The summed E-state index contributed by atoms with van der Waals surface area (Å²) in [7, 11) is 0. The average Bonchev–Trinajstić information content (AvgIpc) is 2.65. The molecule has 0 aromatic carbocycles. The van der Waals surface area contributed by atoms with Gasteiger partial charge in [0, 0.05) is 29.7 Å². The van der Waals surface area contributed by atoms with Gasteiger partial charge in [-0.3, -0.25) is 4.79 Å². The van der Waals surface area contributed by atoms with E-state index in [0.29, 0.717) is 37.7 Å². The first kappa shape index (κ1) is 13.8. The van der Waals surface area contributed by atoms with Gasteiger partial charge in [0.25, 0.3) is 0 Å². The highest BCUT2D eigenvalue weighted by Crippen LogP contribution is 2.48. The lowest BCUT2D eigenvalue weighted by Gasteiger charge is -2.46. The molecule has 0 spiro atoms. The van der Waals surface area contributed by atoms with Crippen LogP contribution >= 0.6 is 0 Å². The molecule has 0 aromatic rings. The van der Waals surface area contributed by atoms with Crippen LogP contribution in [0.15, 0.2) is 12.2 Å². The van der Waals surface area contributed by atoms with E-state index in [4.69, 9.17) is 9.47 Å². The van der Waals surface area contributed by atoms with Gasteiger partial charge in [-0.05, 0) is 19.3 Å². The number of Topliss-reactive ketones (excluding diaryl/α,β-unsaturated/α-hetero) is 1. The van der Waals surface area contributed by atoms with Crippen LogP contribution in [0.25, 0.3) is 0 Å². The Hall–Kier alpha value is -1.20. The molecule has 0 amide bonds. The highest BCUT2D eigenvalue weighted by molar-refractivity contribution is 5.91. The molecule has 1 aliphatic carbocycles. The highest BCUT2D eigenvalue weighted by atomic mass is 16.6. The van der Waals surface area contributed by atoms with Crippen LogP contribution in [0.1, 0.15) is 39.0 Å². The summed E-state index contributed by atoms with van der Waals surface area (Å²) in [6.07, 6.45) is 0.909. The lowest BCUT2D eigenvalue weighted by molar-refractivity contribution is -0.240. The van der Waals surface area contributed by atoms with Gasteiger partial charge in [0.15, 0.2) is 6.29 Å². The van der Waals surface area contributed by atoms with Crippen LogP contribution in [0.2, 0.25) is 0 Å². The quantitative estimate of drug-likeness (QED) is 0.535. The van der Waals surface area contributed by atoms with Crippen LogP contribution in [-0.4, -0.2) is 35.4 Å². The number of rotatable bonds is 0. The van der Waals surface area contributed by atoms with Gasteiger partial charge in [0.1, 0.15) is 18.0 Å². The molecule has 0 aromatic heterocycles. The molecular formula is C15H20O5. The van der Waals surface area contributed by atoms with Crippen molar-refractivity contribution >= 4 is 11.8 Å². The summed E-state index contributed by atoms with van der Waals surface area (Å²) < 4.78 is 11.1. The summed E-state index contributed by atoms with van der Waals surface area (Å²) in [5, 5.41) is 9.77. The Labute approximate surface area is 117 Å². The lowest BCUT2D eigenvalue weighted by Crippen LogP contribution is -2.53. The molecule has 2 saturated heterocycles. The lowest BCUT2D eigenvalue weighted by atomic mass is 9.67. The summed E-state index contributed by atoms with van der Waals surface area (Å²) in [4.78, 5) is 23.9. The van der Waals surface area contributed by atoms with Crippen molar-refractivity contribution in [3.63, 3.8) is 0 Å². The molecule has 1 N–H and O–H groups in total. The van der Waals surface area contributed by atoms with Crippen LogP contribution in [-0.2, 0) is 19.1 Å². The first-order valence-electron chi connectivity index (χ1n) is 7.16. The fourth-order valence-electron chi connectivity index (χ4n) is 3.76. The van der Waals surface area contributed by atoms with E-state index in [9.17, 15) is 14.7 Å². The zero-order valence-electron chi connectivity index (χ0n) is 11.6.